The van der Waals surface area contributed by atoms with Crippen LogP contribution in [0, 0.1) is 0 Å². The molecule has 0 spiro atoms. The third-order valence-electron chi connectivity index (χ3n) is 2.52. The molecule has 15 heavy (non-hydrogen) atoms. The second kappa shape index (κ2) is 4.18. The summed E-state index contributed by atoms with van der Waals surface area (Å²) in [4.78, 5) is 0. The summed E-state index contributed by atoms with van der Waals surface area (Å²) in [7, 11) is 2.05. The normalized spacial score (nSPS) is 10.2. The van der Waals surface area contributed by atoms with E-state index in [1.807, 2.05) is 13.1 Å². The van der Waals surface area contributed by atoms with Gasteiger partial charge < -0.3 is 4.57 Å². The van der Waals surface area contributed by atoms with Gasteiger partial charge in [-0.25, -0.2) is 0 Å². The number of aromatic nitrogens is 1. The Morgan fingerprint density at radius 2 is 1.87 bits per heavy atom. The van der Waals surface area contributed by atoms with Crippen LogP contribution in [0.4, 0.5) is 0 Å². The second-order valence-corrected chi connectivity index (χ2v) is 3.81. The minimum absolute atomic E-state index is 0.998. The maximum absolute atomic E-state index is 3.74. The topological polar surface area (TPSA) is 4.93 Å². The zero-order chi connectivity index (χ0) is 10.7. The van der Waals surface area contributed by atoms with Gasteiger partial charge in [0.15, 0.2) is 0 Å². The standard InChI is InChI=1S/C14H15N/c1-3-12-4-6-13(7-5-12)10-14-8-9-15(2)11-14/h3-9,11H,1,10H2,2H3. The molecule has 2 aromatic rings. The second-order valence-electron chi connectivity index (χ2n) is 3.81. The van der Waals surface area contributed by atoms with E-state index in [0.29, 0.717) is 0 Å². The van der Waals surface area contributed by atoms with Crippen LogP contribution in [0.25, 0.3) is 6.08 Å². The monoisotopic (exact) mass is 197 g/mol. The maximum Gasteiger partial charge on any atom is 0.0106 e. The zero-order valence-corrected chi connectivity index (χ0v) is 8.98. The van der Waals surface area contributed by atoms with E-state index in [0.717, 1.165) is 6.42 Å². The van der Waals surface area contributed by atoms with Gasteiger partial charge in [-0.15, -0.1) is 0 Å². The molecule has 0 aliphatic carbocycles. The first kappa shape index (κ1) is 9.78. The Morgan fingerprint density at radius 3 is 2.40 bits per heavy atom. The first-order valence-electron chi connectivity index (χ1n) is 5.10. The van der Waals surface area contributed by atoms with Crippen LogP contribution in [0.1, 0.15) is 16.7 Å². The minimum Gasteiger partial charge on any atom is -0.357 e. The highest BCUT2D eigenvalue weighted by molar-refractivity contribution is 5.47. The molecule has 0 unspecified atom stereocenters. The molecule has 0 saturated carbocycles. The third-order valence-corrected chi connectivity index (χ3v) is 2.52. The van der Waals surface area contributed by atoms with Crippen LogP contribution in [0.5, 0.6) is 0 Å². The van der Waals surface area contributed by atoms with Gasteiger partial charge in [0.2, 0.25) is 0 Å². The SMILES string of the molecule is C=Cc1ccc(Cc2ccn(C)c2)cc1. The van der Waals surface area contributed by atoms with Crippen molar-refractivity contribution < 1.29 is 0 Å². The molecule has 2 rings (SSSR count). The van der Waals surface area contributed by atoms with Crippen molar-refractivity contribution in [2.75, 3.05) is 0 Å². The zero-order valence-electron chi connectivity index (χ0n) is 8.98. The molecule has 0 bridgehead atoms. The molecule has 0 amide bonds. The molecular weight excluding hydrogens is 182 g/mol. The minimum atomic E-state index is 0.998. The van der Waals surface area contributed by atoms with Crippen molar-refractivity contribution in [3.05, 3.63) is 66.0 Å². The van der Waals surface area contributed by atoms with E-state index in [-0.39, 0.29) is 0 Å². The van der Waals surface area contributed by atoms with Gasteiger partial charge in [0.05, 0.1) is 0 Å². The highest BCUT2D eigenvalue weighted by atomic mass is 14.9. The van der Waals surface area contributed by atoms with Crippen molar-refractivity contribution in [2.45, 2.75) is 6.42 Å². The number of nitrogens with zero attached hydrogens (tertiary/aromatic N) is 1. The van der Waals surface area contributed by atoms with E-state index in [9.17, 15) is 0 Å². The first-order chi connectivity index (χ1) is 7.28. The molecular formula is C14H15N. The molecule has 0 atom stereocenters. The van der Waals surface area contributed by atoms with Crippen molar-refractivity contribution in [2.24, 2.45) is 7.05 Å². The largest absolute Gasteiger partial charge is 0.357 e. The predicted octanol–water partition coefficient (Wildman–Crippen LogP) is 3.26. The summed E-state index contributed by atoms with van der Waals surface area (Å²) in [5.41, 5.74) is 3.86. The van der Waals surface area contributed by atoms with Crippen LogP contribution in [-0.4, -0.2) is 4.57 Å². The average molecular weight is 197 g/mol. The Kier molecular flexibility index (Phi) is 2.72. The number of aryl methyl sites for hydroxylation is 1. The molecule has 0 aliphatic rings. The number of hydrogen-bond acceptors (Lipinski definition) is 0. The first-order valence-corrected chi connectivity index (χ1v) is 5.10. The molecule has 0 aliphatic heterocycles. The van der Waals surface area contributed by atoms with Crippen molar-refractivity contribution >= 4 is 6.08 Å². The van der Waals surface area contributed by atoms with Gasteiger partial charge in [0, 0.05) is 19.4 Å². The lowest BCUT2D eigenvalue weighted by molar-refractivity contribution is 0.921. The summed E-state index contributed by atoms with van der Waals surface area (Å²) in [5, 5.41) is 0. The molecule has 1 heterocycles. The van der Waals surface area contributed by atoms with Crippen molar-refractivity contribution in [1.29, 1.82) is 0 Å². The van der Waals surface area contributed by atoms with Crippen molar-refractivity contribution in [3.63, 3.8) is 0 Å². The summed E-state index contributed by atoms with van der Waals surface area (Å²) in [6, 6.07) is 10.7. The van der Waals surface area contributed by atoms with Crippen LogP contribution < -0.4 is 0 Å². The maximum atomic E-state index is 3.74. The molecule has 1 aromatic heterocycles. The van der Waals surface area contributed by atoms with Gasteiger partial charge >= 0.3 is 0 Å². The Hall–Kier alpha value is -1.76. The molecule has 0 saturated heterocycles. The average Bonchev–Trinajstić information content (AvgIpc) is 2.65. The fraction of sp³-hybridized carbons (Fsp3) is 0.143. The Morgan fingerprint density at radius 1 is 1.13 bits per heavy atom. The van der Waals surface area contributed by atoms with Crippen LogP contribution >= 0.6 is 0 Å². The summed E-state index contributed by atoms with van der Waals surface area (Å²) >= 11 is 0. The van der Waals surface area contributed by atoms with E-state index in [1.165, 1.54) is 16.7 Å². The van der Waals surface area contributed by atoms with E-state index in [2.05, 4.69) is 53.9 Å². The smallest absolute Gasteiger partial charge is 0.0106 e. The van der Waals surface area contributed by atoms with E-state index >= 15 is 0 Å². The lowest BCUT2D eigenvalue weighted by atomic mass is 10.1. The van der Waals surface area contributed by atoms with E-state index in [4.69, 9.17) is 0 Å². The summed E-state index contributed by atoms with van der Waals surface area (Å²) in [5.74, 6) is 0. The Labute approximate surface area is 90.7 Å². The fourth-order valence-corrected chi connectivity index (χ4v) is 1.67. The van der Waals surface area contributed by atoms with Gasteiger partial charge in [-0.1, -0.05) is 36.9 Å². The van der Waals surface area contributed by atoms with Gasteiger partial charge in [-0.2, -0.15) is 0 Å². The van der Waals surface area contributed by atoms with Crippen LogP contribution in [0.15, 0.2) is 49.3 Å². The van der Waals surface area contributed by atoms with Gasteiger partial charge in [0.25, 0.3) is 0 Å². The lowest BCUT2D eigenvalue weighted by Gasteiger charge is -1.99. The van der Waals surface area contributed by atoms with Crippen molar-refractivity contribution in [1.82, 2.24) is 4.57 Å². The van der Waals surface area contributed by atoms with E-state index in [1.54, 1.807) is 0 Å². The van der Waals surface area contributed by atoms with Gasteiger partial charge in [0.1, 0.15) is 0 Å². The van der Waals surface area contributed by atoms with Crippen LogP contribution in [-0.2, 0) is 13.5 Å². The number of benzene rings is 1. The highest BCUT2D eigenvalue weighted by Crippen LogP contribution is 2.11. The fourth-order valence-electron chi connectivity index (χ4n) is 1.67. The summed E-state index contributed by atoms with van der Waals surface area (Å²) in [6.07, 6.45) is 7.10. The quantitative estimate of drug-likeness (QED) is 0.711. The Bertz CT molecular complexity index is 448. The number of hydrogen-bond donors (Lipinski definition) is 0. The Balaban J connectivity index is 2.14. The lowest BCUT2D eigenvalue weighted by Crippen LogP contribution is -1.86. The number of rotatable bonds is 3. The summed E-state index contributed by atoms with van der Waals surface area (Å²) in [6.45, 7) is 3.74. The molecule has 0 radical (unpaired) electrons. The molecule has 76 valence electrons. The van der Waals surface area contributed by atoms with Crippen molar-refractivity contribution in [3.8, 4) is 0 Å². The van der Waals surface area contributed by atoms with Crippen LogP contribution in [0.3, 0.4) is 0 Å². The van der Waals surface area contributed by atoms with Crippen LogP contribution in [0.2, 0.25) is 0 Å². The third kappa shape index (κ3) is 2.38. The molecule has 1 heteroatoms. The van der Waals surface area contributed by atoms with Gasteiger partial charge in [-0.05, 0) is 29.2 Å². The summed E-state index contributed by atoms with van der Waals surface area (Å²) < 4.78 is 2.08. The molecule has 0 fully saturated rings. The molecule has 1 aromatic carbocycles. The molecule has 0 N–H and O–H groups in total. The van der Waals surface area contributed by atoms with Gasteiger partial charge in [-0.3, -0.25) is 0 Å². The van der Waals surface area contributed by atoms with E-state index < -0.39 is 0 Å². The highest BCUT2D eigenvalue weighted by Gasteiger charge is 1.97. The predicted molar refractivity (Wildman–Crippen MR) is 64.8 cm³/mol. The molecule has 1 nitrogen and oxygen atoms in total.